The van der Waals surface area contributed by atoms with Crippen LogP contribution >= 0.6 is 15.9 Å². The predicted molar refractivity (Wildman–Crippen MR) is 66.4 cm³/mol. The molecule has 0 atom stereocenters. The number of halogens is 3. The van der Waals surface area contributed by atoms with Crippen molar-refractivity contribution in [2.24, 2.45) is 0 Å². The smallest absolute Gasteiger partial charge is 0.387 e. The zero-order valence-corrected chi connectivity index (χ0v) is 11.5. The Morgan fingerprint density at radius 2 is 2.21 bits per heavy atom. The van der Waals surface area contributed by atoms with Crippen molar-refractivity contribution in [2.75, 3.05) is 6.61 Å². The second-order valence-corrected chi connectivity index (χ2v) is 3.93. The van der Waals surface area contributed by atoms with Crippen molar-refractivity contribution in [1.82, 2.24) is 0 Å². The Morgan fingerprint density at radius 1 is 1.53 bits per heavy atom. The van der Waals surface area contributed by atoms with Gasteiger partial charge in [0.2, 0.25) is 0 Å². The number of nitriles is 1. The van der Waals surface area contributed by atoms with Crippen LogP contribution in [0.2, 0.25) is 0 Å². The highest BCUT2D eigenvalue weighted by Gasteiger charge is 2.22. The summed E-state index contributed by atoms with van der Waals surface area (Å²) in [6.07, 6.45) is 0. The van der Waals surface area contributed by atoms with Gasteiger partial charge < -0.3 is 9.47 Å². The van der Waals surface area contributed by atoms with Crippen LogP contribution in [0.5, 0.6) is 5.75 Å². The first-order valence-corrected chi connectivity index (χ1v) is 6.40. The van der Waals surface area contributed by atoms with E-state index in [9.17, 15) is 13.6 Å². The zero-order valence-electron chi connectivity index (χ0n) is 9.95. The average molecular weight is 334 g/mol. The van der Waals surface area contributed by atoms with Crippen LogP contribution in [0.3, 0.4) is 0 Å². The number of hydrogen-bond donors (Lipinski definition) is 0. The number of benzene rings is 1. The lowest BCUT2D eigenvalue weighted by molar-refractivity contribution is -0.0506. The van der Waals surface area contributed by atoms with Crippen molar-refractivity contribution >= 4 is 21.9 Å². The molecule has 0 aliphatic carbocycles. The molecule has 1 aromatic carbocycles. The van der Waals surface area contributed by atoms with Crippen molar-refractivity contribution in [3.63, 3.8) is 0 Å². The Hall–Kier alpha value is -1.68. The van der Waals surface area contributed by atoms with E-state index in [0.29, 0.717) is 10.9 Å². The van der Waals surface area contributed by atoms with E-state index in [-0.39, 0.29) is 17.7 Å². The molecule has 0 heterocycles. The van der Waals surface area contributed by atoms with Gasteiger partial charge in [0.25, 0.3) is 0 Å². The maximum absolute atomic E-state index is 12.4. The molecule has 0 bridgehead atoms. The molecule has 0 N–H and O–H groups in total. The van der Waals surface area contributed by atoms with Gasteiger partial charge in [0.1, 0.15) is 11.6 Å². The van der Waals surface area contributed by atoms with Crippen LogP contribution in [-0.4, -0.2) is 19.2 Å². The van der Waals surface area contributed by atoms with Crippen LogP contribution in [0.1, 0.15) is 28.4 Å². The van der Waals surface area contributed by atoms with Crippen molar-refractivity contribution in [3.05, 3.63) is 28.8 Å². The molecule has 1 aromatic rings. The summed E-state index contributed by atoms with van der Waals surface area (Å²) in [6.45, 7) is -1.45. The van der Waals surface area contributed by atoms with E-state index in [1.807, 2.05) is 0 Å². The zero-order chi connectivity index (χ0) is 14.4. The summed E-state index contributed by atoms with van der Waals surface area (Å²) < 4.78 is 33.7. The quantitative estimate of drug-likeness (QED) is 0.613. The summed E-state index contributed by atoms with van der Waals surface area (Å²) in [5, 5.41) is 9.31. The molecular formula is C12H10BrF2NO3. The third kappa shape index (κ3) is 3.89. The SMILES string of the molecule is CCOC(=O)c1cc(CBr)cc(C#N)c1OC(F)F. The Balaban J connectivity index is 3.37. The van der Waals surface area contributed by atoms with Gasteiger partial charge >= 0.3 is 12.6 Å². The highest BCUT2D eigenvalue weighted by Crippen LogP contribution is 2.29. The van der Waals surface area contributed by atoms with Crippen molar-refractivity contribution < 1.29 is 23.0 Å². The minimum absolute atomic E-state index is 0.0907. The summed E-state index contributed by atoms with van der Waals surface area (Å²) >= 11 is 3.17. The van der Waals surface area contributed by atoms with Gasteiger partial charge in [0.15, 0.2) is 5.75 Å². The first-order valence-electron chi connectivity index (χ1n) is 5.28. The van der Waals surface area contributed by atoms with Crippen LogP contribution in [0.15, 0.2) is 12.1 Å². The number of carbonyl (C=O) groups excluding carboxylic acids is 1. The number of carbonyl (C=O) groups is 1. The maximum Gasteiger partial charge on any atom is 0.387 e. The Labute approximate surface area is 117 Å². The van der Waals surface area contributed by atoms with Gasteiger partial charge in [-0.15, -0.1) is 0 Å². The topological polar surface area (TPSA) is 59.3 Å². The van der Waals surface area contributed by atoms with Crippen molar-refractivity contribution in [2.45, 2.75) is 18.9 Å². The van der Waals surface area contributed by atoms with E-state index >= 15 is 0 Å². The Bertz CT molecular complexity index is 514. The summed E-state index contributed by atoms with van der Waals surface area (Å²) in [5.74, 6) is -1.27. The molecule has 0 aliphatic heterocycles. The number of ether oxygens (including phenoxy) is 2. The monoisotopic (exact) mass is 333 g/mol. The predicted octanol–water partition coefficient (Wildman–Crippen LogP) is 3.23. The molecular weight excluding hydrogens is 324 g/mol. The molecule has 0 unspecified atom stereocenters. The largest absolute Gasteiger partial charge is 0.462 e. The van der Waals surface area contributed by atoms with Gasteiger partial charge in [-0.05, 0) is 24.6 Å². The fourth-order valence-corrected chi connectivity index (χ4v) is 1.75. The second kappa shape index (κ2) is 7.04. The fraction of sp³-hybridized carbons (Fsp3) is 0.333. The molecule has 0 fully saturated rings. The second-order valence-electron chi connectivity index (χ2n) is 3.36. The van der Waals surface area contributed by atoms with E-state index in [1.54, 1.807) is 13.0 Å². The number of hydrogen-bond acceptors (Lipinski definition) is 4. The van der Waals surface area contributed by atoms with Gasteiger partial charge in [-0.2, -0.15) is 14.0 Å². The summed E-state index contributed by atoms with van der Waals surface area (Å²) in [4.78, 5) is 11.7. The molecule has 19 heavy (non-hydrogen) atoms. The average Bonchev–Trinajstić information content (AvgIpc) is 2.38. The summed E-state index contributed by atoms with van der Waals surface area (Å²) in [5.41, 5.74) is 0.261. The summed E-state index contributed by atoms with van der Waals surface area (Å²) in [6, 6.07) is 4.45. The first-order chi connectivity index (χ1) is 9.03. The molecule has 7 heteroatoms. The highest BCUT2D eigenvalue weighted by atomic mass is 79.9. The molecule has 0 radical (unpaired) electrons. The van der Waals surface area contributed by atoms with Crippen LogP contribution < -0.4 is 4.74 Å². The third-order valence-electron chi connectivity index (χ3n) is 2.13. The van der Waals surface area contributed by atoms with Gasteiger partial charge in [0.05, 0.1) is 12.2 Å². The lowest BCUT2D eigenvalue weighted by Gasteiger charge is -2.13. The fourth-order valence-electron chi connectivity index (χ4n) is 1.43. The minimum Gasteiger partial charge on any atom is -0.462 e. The molecule has 0 aliphatic rings. The van der Waals surface area contributed by atoms with E-state index in [2.05, 4.69) is 20.7 Å². The van der Waals surface area contributed by atoms with Crippen LogP contribution in [0, 0.1) is 11.3 Å². The molecule has 0 saturated heterocycles. The highest BCUT2D eigenvalue weighted by molar-refractivity contribution is 9.08. The molecule has 102 valence electrons. The standard InChI is InChI=1S/C12H10BrF2NO3/c1-2-18-11(17)9-4-7(5-13)3-8(6-16)10(9)19-12(14)15/h3-4,12H,2,5H2,1H3. The molecule has 0 aromatic heterocycles. The molecule has 0 saturated carbocycles. The van der Waals surface area contributed by atoms with Crippen molar-refractivity contribution in [1.29, 1.82) is 5.26 Å². The van der Waals surface area contributed by atoms with Gasteiger partial charge in [0, 0.05) is 5.33 Å². The molecule has 4 nitrogen and oxygen atoms in total. The van der Waals surface area contributed by atoms with Gasteiger partial charge in [-0.1, -0.05) is 15.9 Å². The van der Waals surface area contributed by atoms with Crippen LogP contribution in [-0.2, 0) is 10.1 Å². The van der Waals surface area contributed by atoms with Gasteiger partial charge in [-0.25, -0.2) is 4.79 Å². The van der Waals surface area contributed by atoms with Crippen LogP contribution in [0.4, 0.5) is 8.78 Å². The lowest BCUT2D eigenvalue weighted by atomic mass is 10.1. The van der Waals surface area contributed by atoms with Crippen LogP contribution in [0.25, 0.3) is 0 Å². The molecule has 0 amide bonds. The number of rotatable bonds is 5. The van der Waals surface area contributed by atoms with E-state index in [4.69, 9.17) is 10.00 Å². The summed E-state index contributed by atoms with van der Waals surface area (Å²) in [7, 11) is 0. The molecule has 1 rings (SSSR count). The Morgan fingerprint density at radius 3 is 2.68 bits per heavy atom. The first kappa shape index (κ1) is 15.4. The number of esters is 1. The van der Waals surface area contributed by atoms with Crippen molar-refractivity contribution in [3.8, 4) is 11.8 Å². The Kier molecular flexibility index (Phi) is 5.70. The normalized spacial score (nSPS) is 10.1. The maximum atomic E-state index is 12.4. The lowest BCUT2D eigenvalue weighted by Crippen LogP contribution is -2.12. The number of nitrogens with zero attached hydrogens (tertiary/aromatic N) is 1. The van der Waals surface area contributed by atoms with E-state index in [0.717, 1.165) is 0 Å². The van der Waals surface area contributed by atoms with Gasteiger partial charge in [-0.3, -0.25) is 0 Å². The molecule has 0 spiro atoms. The van der Waals surface area contributed by atoms with E-state index < -0.39 is 18.3 Å². The number of alkyl halides is 3. The van der Waals surface area contributed by atoms with E-state index in [1.165, 1.54) is 12.1 Å². The minimum atomic E-state index is -3.13. The third-order valence-corrected chi connectivity index (χ3v) is 2.77.